The fraction of sp³-hybridized carbons (Fsp3) is 0.333. The van der Waals surface area contributed by atoms with E-state index in [-0.39, 0.29) is 0 Å². The maximum absolute atomic E-state index is 11.2. The minimum Gasteiger partial charge on any atom is -0.494 e. The van der Waals surface area contributed by atoms with Gasteiger partial charge in [0.2, 0.25) is 0 Å². The van der Waals surface area contributed by atoms with Gasteiger partial charge in [0.15, 0.2) is 0 Å². The van der Waals surface area contributed by atoms with E-state index in [9.17, 15) is 4.79 Å². The largest absolute Gasteiger partial charge is 0.494 e. The summed E-state index contributed by atoms with van der Waals surface area (Å²) in [7, 11) is 0. The number of ether oxygens (including phenoxy) is 2. The molecule has 0 radical (unpaired) electrons. The van der Waals surface area contributed by atoms with E-state index < -0.39 is 6.09 Å². The predicted molar refractivity (Wildman–Crippen MR) is 69.5 cm³/mol. The van der Waals surface area contributed by atoms with E-state index in [4.69, 9.17) is 21.7 Å². The average Bonchev–Trinajstić information content (AvgIpc) is 2.30. The Morgan fingerprint density at radius 3 is 2.41 bits per heavy atom. The first-order valence-electron chi connectivity index (χ1n) is 5.38. The molecule has 92 valence electrons. The van der Waals surface area contributed by atoms with Crippen LogP contribution in [-0.2, 0) is 4.74 Å². The fourth-order valence-electron chi connectivity index (χ4n) is 1.20. The Bertz CT molecular complexity index is 389. The Morgan fingerprint density at radius 1 is 1.24 bits per heavy atom. The Balaban J connectivity index is 2.60. The van der Waals surface area contributed by atoms with Gasteiger partial charge in [0, 0.05) is 5.56 Å². The lowest BCUT2D eigenvalue weighted by atomic mass is 10.2. The van der Waals surface area contributed by atoms with Crippen molar-refractivity contribution in [3.8, 4) is 5.75 Å². The minimum atomic E-state index is -0.536. The van der Waals surface area contributed by atoms with Crippen molar-refractivity contribution < 1.29 is 14.3 Å². The van der Waals surface area contributed by atoms with Gasteiger partial charge in [0.1, 0.15) is 10.7 Å². The van der Waals surface area contributed by atoms with Crippen LogP contribution in [0.4, 0.5) is 4.79 Å². The van der Waals surface area contributed by atoms with Crippen LogP contribution in [-0.4, -0.2) is 24.3 Å². The highest BCUT2D eigenvalue weighted by molar-refractivity contribution is 7.80. The van der Waals surface area contributed by atoms with Gasteiger partial charge in [-0.3, -0.25) is 5.32 Å². The molecule has 0 aliphatic rings. The number of hydrogen-bond donors (Lipinski definition) is 1. The van der Waals surface area contributed by atoms with Crippen LogP contribution in [0.2, 0.25) is 0 Å². The first-order chi connectivity index (χ1) is 8.17. The van der Waals surface area contributed by atoms with Gasteiger partial charge >= 0.3 is 6.09 Å². The summed E-state index contributed by atoms with van der Waals surface area (Å²) < 4.78 is 10.0. The Morgan fingerprint density at radius 2 is 1.88 bits per heavy atom. The molecule has 1 rings (SSSR count). The molecule has 0 aromatic heterocycles. The molecule has 5 heteroatoms. The maximum atomic E-state index is 11.2. The van der Waals surface area contributed by atoms with E-state index in [1.807, 2.05) is 6.92 Å². The highest BCUT2D eigenvalue weighted by atomic mass is 32.1. The van der Waals surface area contributed by atoms with Gasteiger partial charge in [-0.05, 0) is 38.1 Å². The standard InChI is InChI=1S/C12H15NO3S/c1-3-15-10-7-5-9(6-8-10)11(17)13-12(14)16-4-2/h5-8H,3-4H2,1-2H3,(H,13,14,17). The van der Waals surface area contributed by atoms with Gasteiger partial charge in [-0.1, -0.05) is 12.2 Å². The average molecular weight is 253 g/mol. The van der Waals surface area contributed by atoms with Crippen molar-refractivity contribution in [2.75, 3.05) is 13.2 Å². The zero-order valence-electron chi connectivity index (χ0n) is 9.86. The summed E-state index contributed by atoms with van der Waals surface area (Å²) in [6.07, 6.45) is -0.536. The highest BCUT2D eigenvalue weighted by Gasteiger charge is 2.06. The molecule has 0 unspecified atom stereocenters. The molecule has 1 N–H and O–H groups in total. The van der Waals surface area contributed by atoms with E-state index in [0.717, 1.165) is 11.3 Å². The molecule has 1 amide bonds. The molecular formula is C12H15NO3S. The van der Waals surface area contributed by atoms with Crippen LogP contribution in [0.3, 0.4) is 0 Å². The molecule has 0 bridgehead atoms. The number of alkyl carbamates (subject to hydrolysis) is 1. The molecule has 1 aromatic carbocycles. The lowest BCUT2D eigenvalue weighted by molar-refractivity contribution is 0.158. The zero-order valence-corrected chi connectivity index (χ0v) is 10.7. The normalized spacial score (nSPS) is 9.53. The van der Waals surface area contributed by atoms with Crippen LogP contribution in [0.1, 0.15) is 19.4 Å². The molecule has 0 spiro atoms. The molecule has 0 saturated heterocycles. The fourth-order valence-corrected chi connectivity index (χ4v) is 1.42. The highest BCUT2D eigenvalue weighted by Crippen LogP contribution is 2.12. The molecule has 1 aromatic rings. The van der Waals surface area contributed by atoms with E-state index in [1.54, 1.807) is 31.2 Å². The molecule has 0 fully saturated rings. The maximum Gasteiger partial charge on any atom is 0.412 e. The third-order valence-corrected chi connectivity index (χ3v) is 2.26. The topological polar surface area (TPSA) is 47.6 Å². The number of carbonyl (C=O) groups is 1. The van der Waals surface area contributed by atoms with Crippen LogP contribution < -0.4 is 10.1 Å². The summed E-state index contributed by atoms with van der Waals surface area (Å²) in [6, 6.07) is 7.19. The molecule has 4 nitrogen and oxygen atoms in total. The number of rotatable bonds is 4. The molecule has 0 saturated carbocycles. The van der Waals surface area contributed by atoms with Gasteiger partial charge in [-0.15, -0.1) is 0 Å². The number of benzene rings is 1. The lowest BCUT2D eigenvalue weighted by Gasteiger charge is -2.07. The smallest absolute Gasteiger partial charge is 0.412 e. The van der Waals surface area contributed by atoms with Crippen molar-refractivity contribution in [1.82, 2.24) is 5.32 Å². The zero-order chi connectivity index (χ0) is 12.7. The van der Waals surface area contributed by atoms with Crippen molar-refractivity contribution in [1.29, 1.82) is 0 Å². The summed E-state index contributed by atoms with van der Waals surface area (Å²) in [5, 5.41) is 2.48. The Hall–Kier alpha value is -1.62. The number of carbonyl (C=O) groups excluding carboxylic acids is 1. The quantitative estimate of drug-likeness (QED) is 0.838. The van der Waals surface area contributed by atoms with Gasteiger partial charge in [0.05, 0.1) is 13.2 Å². The Labute approximate surface area is 106 Å². The summed E-state index contributed by atoms with van der Waals surface area (Å²) in [6.45, 7) is 4.59. The van der Waals surface area contributed by atoms with Crippen molar-refractivity contribution in [2.45, 2.75) is 13.8 Å². The van der Waals surface area contributed by atoms with Gasteiger partial charge in [-0.25, -0.2) is 4.79 Å². The minimum absolute atomic E-state index is 0.317. The van der Waals surface area contributed by atoms with Gasteiger partial charge in [-0.2, -0.15) is 0 Å². The number of amides is 1. The van der Waals surface area contributed by atoms with Gasteiger partial charge < -0.3 is 9.47 Å². The van der Waals surface area contributed by atoms with E-state index in [1.165, 1.54) is 0 Å². The predicted octanol–water partition coefficient (Wildman–Crippen LogP) is 2.51. The second-order valence-corrected chi connectivity index (χ2v) is 3.54. The number of hydrogen-bond acceptors (Lipinski definition) is 4. The number of thiocarbonyl (C=S) groups is 1. The molecule has 0 heterocycles. The third-order valence-electron chi connectivity index (χ3n) is 1.92. The summed E-state index contributed by atoms with van der Waals surface area (Å²) in [4.78, 5) is 11.5. The van der Waals surface area contributed by atoms with Crippen LogP contribution in [0.15, 0.2) is 24.3 Å². The second-order valence-electron chi connectivity index (χ2n) is 3.13. The molecule has 0 atom stereocenters. The summed E-state index contributed by atoms with van der Waals surface area (Å²) in [5.41, 5.74) is 0.747. The van der Waals surface area contributed by atoms with Crippen molar-refractivity contribution >= 4 is 23.3 Å². The van der Waals surface area contributed by atoms with Gasteiger partial charge in [0.25, 0.3) is 0 Å². The first kappa shape index (κ1) is 13.4. The first-order valence-corrected chi connectivity index (χ1v) is 5.79. The third kappa shape index (κ3) is 4.40. The molecular weight excluding hydrogens is 238 g/mol. The summed E-state index contributed by atoms with van der Waals surface area (Å²) in [5.74, 6) is 0.773. The van der Waals surface area contributed by atoms with Crippen LogP contribution in [0, 0.1) is 0 Å². The monoisotopic (exact) mass is 253 g/mol. The lowest BCUT2D eigenvalue weighted by Crippen LogP contribution is -2.30. The number of nitrogens with one attached hydrogen (secondary N) is 1. The van der Waals surface area contributed by atoms with Crippen molar-refractivity contribution in [2.24, 2.45) is 0 Å². The Kier molecular flexibility index (Phi) is 5.42. The molecule has 17 heavy (non-hydrogen) atoms. The molecule has 0 aliphatic heterocycles. The van der Waals surface area contributed by atoms with Crippen molar-refractivity contribution in [3.63, 3.8) is 0 Å². The van der Waals surface area contributed by atoms with E-state index >= 15 is 0 Å². The van der Waals surface area contributed by atoms with E-state index in [0.29, 0.717) is 18.2 Å². The van der Waals surface area contributed by atoms with Crippen LogP contribution in [0.25, 0.3) is 0 Å². The second kappa shape index (κ2) is 6.85. The van der Waals surface area contributed by atoms with E-state index in [2.05, 4.69) is 5.32 Å². The SMILES string of the molecule is CCOC(=O)NC(=S)c1ccc(OCC)cc1. The van der Waals surface area contributed by atoms with Crippen LogP contribution in [0.5, 0.6) is 5.75 Å². The molecule has 0 aliphatic carbocycles. The van der Waals surface area contributed by atoms with Crippen molar-refractivity contribution in [3.05, 3.63) is 29.8 Å². The van der Waals surface area contributed by atoms with Crippen LogP contribution >= 0.6 is 12.2 Å². The summed E-state index contributed by atoms with van der Waals surface area (Å²) >= 11 is 5.07.